The summed E-state index contributed by atoms with van der Waals surface area (Å²) in [5.74, 6) is -1.33. The second-order valence-corrected chi connectivity index (χ2v) is 11.9. The van der Waals surface area contributed by atoms with E-state index in [2.05, 4.69) is 5.32 Å². The van der Waals surface area contributed by atoms with Gasteiger partial charge in [-0.05, 0) is 56.2 Å². The zero-order valence-electron chi connectivity index (χ0n) is 20.9. The van der Waals surface area contributed by atoms with Gasteiger partial charge in [-0.25, -0.2) is 8.42 Å². The van der Waals surface area contributed by atoms with Crippen molar-refractivity contribution < 1.29 is 31.2 Å². The molecule has 2 aromatic carbocycles. The van der Waals surface area contributed by atoms with Gasteiger partial charge in [0, 0.05) is 22.6 Å². The third-order valence-corrected chi connectivity index (χ3v) is 7.45. The van der Waals surface area contributed by atoms with E-state index in [0.29, 0.717) is 21.0 Å². The number of amides is 2. The van der Waals surface area contributed by atoms with Crippen molar-refractivity contribution in [3.63, 3.8) is 0 Å². The number of anilines is 1. The van der Waals surface area contributed by atoms with Gasteiger partial charge < -0.3 is 10.2 Å². The van der Waals surface area contributed by atoms with E-state index in [4.69, 9.17) is 34.8 Å². The fraction of sp³-hybridized carbons (Fsp3) is 0.417. The van der Waals surface area contributed by atoms with E-state index in [9.17, 15) is 31.2 Å². The minimum absolute atomic E-state index is 0.160. The average Bonchev–Trinajstić information content (AvgIpc) is 2.77. The standard InChI is InChI=1S/C24H27Cl3F3N3O4S/c1-5-21(23(35)31-14(2)3)32(12-15-6-7-16(25)10-20(15)27)22(34)13-33(38(4,36)37)17-8-9-19(26)18(11-17)24(28,29)30/h6-11,14,21H,5,12-13H2,1-4H3,(H,31,35). The van der Waals surface area contributed by atoms with E-state index in [1.807, 2.05) is 0 Å². The summed E-state index contributed by atoms with van der Waals surface area (Å²) in [5.41, 5.74) is -1.25. The van der Waals surface area contributed by atoms with Crippen LogP contribution in [0.15, 0.2) is 36.4 Å². The van der Waals surface area contributed by atoms with Crippen molar-refractivity contribution in [1.29, 1.82) is 0 Å². The minimum atomic E-state index is -4.86. The summed E-state index contributed by atoms with van der Waals surface area (Å²) >= 11 is 17.9. The van der Waals surface area contributed by atoms with Gasteiger partial charge in [0.2, 0.25) is 21.8 Å². The molecule has 1 atom stereocenters. The van der Waals surface area contributed by atoms with Crippen LogP contribution >= 0.6 is 34.8 Å². The lowest BCUT2D eigenvalue weighted by Crippen LogP contribution is -2.53. The van der Waals surface area contributed by atoms with Gasteiger partial charge in [0.05, 0.1) is 22.5 Å². The highest BCUT2D eigenvalue weighted by Gasteiger charge is 2.36. The summed E-state index contributed by atoms with van der Waals surface area (Å²) in [6, 6.07) is 5.78. The predicted molar refractivity (Wildman–Crippen MR) is 143 cm³/mol. The van der Waals surface area contributed by atoms with Crippen LogP contribution in [0.3, 0.4) is 0 Å². The molecule has 1 N–H and O–H groups in total. The Hall–Kier alpha value is -2.21. The molecule has 0 aliphatic rings. The largest absolute Gasteiger partial charge is 0.417 e. The fourth-order valence-electron chi connectivity index (χ4n) is 3.63. The minimum Gasteiger partial charge on any atom is -0.352 e. The summed E-state index contributed by atoms with van der Waals surface area (Å²) in [7, 11) is -4.25. The van der Waals surface area contributed by atoms with Crippen LogP contribution < -0.4 is 9.62 Å². The molecule has 0 aromatic heterocycles. The Labute approximate surface area is 234 Å². The van der Waals surface area contributed by atoms with Gasteiger partial charge in [0.1, 0.15) is 12.6 Å². The number of halogens is 6. The van der Waals surface area contributed by atoms with E-state index in [0.717, 1.165) is 23.3 Å². The molecule has 2 amide bonds. The second kappa shape index (κ2) is 12.8. The molecule has 0 heterocycles. The van der Waals surface area contributed by atoms with Crippen molar-refractivity contribution in [1.82, 2.24) is 10.2 Å². The molecule has 0 saturated heterocycles. The number of rotatable bonds is 10. The van der Waals surface area contributed by atoms with Crippen LogP contribution in [0.25, 0.3) is 0 Å². The molecule has 210 valence electrons. The zero-order valence-corrected chi connectivity index (χ0v) is 24.0. The van der Waals surface area contributed by atoms with Crippen LogP contribution in [-0.2, 0) is 32.3 Å². The number of nitrogens with zero attached hydrogens (tertiary/aromatic N) is 2. The van der Waals surface area contributed by atoms with Crippen LogP contribution in [-0.4, -0.2) is 50.0 Å². The van der Waals surface area contributed by atoms with Gasteiger partial charge in [-0.1, -0.05) is 47.8 Å². The average molecular weight is 617 g/mol. The van der Waals surface area contributed by atoms with Gasteiger partial charge in [0.15, 0.2) is 0 Å². The lowest BCUT2D eigenvalue weighted by atomic mass is 10.1. The molecule has 0 bridgehead atoms. The summed E-state index contributed by atoms with van der Waals surface area (Å²) in [5, 5.41) is 2.65. The molecular weight excluding hydrogens is 590 g/mol. The molecule has 0 spiro atoms. The molecule has 1 unspecified atom stereocenters. The topological polar surface area (TPSA) is 86.8 Å². The van der Waals surface area contributed by atoms with Crippen LogP contribution in [0.4, 0.5) is 18.9 Å². The van der Waals surface area contributed by atoms with Gasteiger partial charge in [-0.15, -0.1) is 0 Å². The van der Waals surface area contributed by atoms with Crippen molar-refractivity contribution in [2.75, 3.05) is 17.1 Å². The maximum atomic E-state index is 13.6. The summed E-state index contributed by atoms with van der Waals surface area (Å²) in [4.78, 5) is 27.7. The van der Waals surface area contributed by atoms with E-state index in [1.54, 1.807) is 26.8 Å². The van der Waals surface area contributed by atoms with E-state index >= 15 is 0 Å². The van der Waals surface area contributed by atoms with Gasteiger partial charge >= 0.3 is 6.18 Å². The third kappa shape index (κ3) is 8.39. The molecule has 38 heavy (non-hydrogen) atoms. The highest BCUT2D eigenvalue weighted by atomic mass is 35.5. The summed E-state index contributed by atoms with van der Waals surface area (Å²) in [6.45, 7) is 4.06. The first kappa shape index (κ1) is 32.0. The van der Waals surface area contributed by atoms with Gasteiger partial charge in [0.25, 0.3) is 0 Å². The predicted octanol–water partition coefficient (Wildman–Crippen LogP) is 5.76. The number of nitrogens with one attached hydrogen (secondary N) is 1. The Morgan fingerprint density at radius 2 is 1.66 bits per heavy atom. The monoisotopic (exact) mass is 615 g/mol. The molecule has 0 radical (unpaired) electrons. The molecule has 14 heteroatoms. The van der Waals surface area contributed by atoms with Crippen molar-refractivity contribution in [2.45, 2.75) is 52.0 Å². The van der Waals surface area contributed by atoms with E-state index < -0.39 is 56.9 Å². The van der Waals surface area contributed by atoms with Crippen LogP contribution in [0, 0.1) is 0 Å². The van der Waals surface area contributed by atoms with E-state index in [-0.39, 0.29) is 24.0 Å². The van der Waals surface area contributed by atoms with Crippen LogP contribution in [0.1, 0.15) is 38.3 Å². The number of alkyl halides is 3. The Balaban J connectivity index is 2.56. The first-order valence-electron chi connectivity index (χ1n) is 11.3. The van der Waals surface area contributed by atoms with Crippen LogP contribution in [0.2, 0.25) is 15.1 Å². The molecular formula is C24H27Cl3F3N3O4S. The number of hydrogen-bond donors (Lipinski definition) is 1. The Bertz CT molecular complexity index is 1290. The smallest absolute Gasteiger partial charge is 0.352 e. The lowest BCUT2D eigenvalue weighted by Gasteiger charge is -2.33. The Morgan fingerprint density at radius 1 is 1.03 bits per heavy atom. The quantitative estimate of drug-likeness (QED) is 0.368. The van der Waals surface area contributed by atoms with Crippen molar-refractivity contribution in [2.24, 2.45) is 0 Å². The fourth-order valence-corrected chi connectivity index (χ4v) is 5.17. The summed E-state index contributed by atoms with van der Waals surface area (Å²) < 4.78 is 66.1. The maximum Gasteiger partial charge on any atom is 0.417 e. The number of sulfonamides is 1. The molecule has 2 aromatic rings. The Kier molecular flexibility index (Phi) is 10.7. The number of hydrogen-bond acceptors (Lipinski definition) is 4. The van der Waals surface area contributed by atoms with Gasteiger partial charge in [-0.2, -0.15) is 13.2 Å². The van der Waals surface area contributed by atoms with Gasteiger partial charge in [-0.3, -0.25) is 13.9 Å². The third-order valence-electron chi connectivity index (χ3n) is 5.40. The second-order valence-electron chi connectivity index (χ2n) is 8.78. The molecule has 0 aliphatic carbocycles. The molecule has 0 aliphatic heterocycles. The number of carbonyl (C=O) groups is 2. The zero-order chi connectivity index (χ0) is 29.0. The summed E-state index contributed by atoms with van der Waals surface area (Å²) in [6.07, 6.45) is -3.95. The molecule has 0 saturated carbocycles. The van der Waals surface area contributed by atoms with Crippen molar-refractivity contribution in [3.05, 3.63) is 62.6 Å². The van der Waals surface area contributed by atoms with Crippen molar-refractivity contribution in [3.8, 4) is 0 Å². The number of carbonyl (C=O) groups excluding carboxylic acids is 2. The molecule has 0 fully saturated rings. The van der Waals surface area contributed by atoms with Crippen LogP contribution in [0.5, 0.6) is 0 Å². The molecule has 7 nitrogen and oxygen atoms in total. The lowest BCUT2D eigenvalue weighted by molar-refractivity contribution is -0.140. The normalized spacial score (nSPS) is 12.8. The highest BCUT2D eigenvalue weighted by molar-refractivity contribution is 7.92. The highest BCUT2D eigenvalue weighted by Crippen LogP contribution is 2.37. The molecule has 2 rings (SSSR count). The maximum absolute atomic E-state index is 13.6. The van der Waals surface area contributed by atoms with Crippen molar-refractivity contribution >= 4 is 62.3 Å². The first-order valence-corrected chi connectivity index (χ1v) is 14.3. The number of benzene rings is 2. The first-order chi connectivity index (χ1) is 17.4. The SMILES string of the molecule is CCC(C(=O)NC(C)C)N(Cc1ccc(Cl)cc1Cl)C(=O)CN(c1ccc(Cl)c(C(F)(F)F)c1)S(C)(=O)=O. The van der Waals surface area contributed by atoms with E-state index in [1.165, 1.54) is 12.1 Å². The Morgan fingerprint density at radius 3 is 2.16 bits per heavy atom.